The first kappa shape index (κ1) is 15.2. The van der Waals surface area contributed by atoms with Crippen LogP contribution in [0.25, 0.3) is 0 Å². The van der Waals surface area contributed by atoms with Gasteiger partial charge in [-0.15, -0.1) is 0 Å². The molecule has 1 aromatic rings. The van der Waals surface area contributed by atoms with E-state index in [1.807, 2.05) is 30.3 Å². The Bertz CT molecular complexity index is 319. The molecule has 0 aliphatic heterocycles. The van der Waals surface area contributed by atoms with Gasteiger partial charge < -0.3 is 10.1 Å². The van der Waals surface area contributed by atoms with Crippen molar-refractivity contribution in [2.24, 2.45) is 0 Å². The Morgan fingerprint density at radius 2 is 1.83 bits per heavy atom. The largest absolute Gasteiger partial charge is 0.494 e. The van der Waals surface area contributed by atoms with Crippen LogP contribution in [0.3, 0.4) is 0 Å². The van der Waals surface area contributed by atoms with E-state index in [9.17, 15) is 13.2 Å². The number of nitrogens with one attached hydrogen (secondary N) is 1. The molecule has 0 atom stereocenters. The monoisotopic (exact) mass is 279 g/mol. The van der Waals surface area contributed by atoms with Crippen LogP contribution in [0.2, 0.25) is 0 Å². The Hall–Kier alpha value is -0.880. The van der Waals surface area contributed by atoms with E-state index in [0.29, 0.717) is 19.7 Å². The molecule has 0 saturated heterocycles. The van der Waals surface area contributed by atoms with E-state index in [-0.39, 0.29) is 17.5 Å². The second-order valence-electron chi connectivity index (χ2n) is 3.56. The minimum atomic E-state index is -4.13. The van der Waals surface area contributed by atoms with Crippen LogP contribution >= 0.6 is 11.8 Å². The molecule has 18 heavy (non-hydrogen) atoms. The van der Waals surface area contributed by atoms with Crippen molar-refractivity contribution in [3.8, 4) is 5.75 Å². The van der Waals surface area contributed by atoms with E-state index in [0.717, 1.165) is 12.2 Å². The molecule has 0 aliphatic carbocycles. The highest BCUT2D eigenvalue weighted by molar-refractivity contribution is 8.00. The first-order chi connectivity index (χ1) is 8.58. The quantitative estimate of drug-likeness (QED) is 0.738. The minimum Gasteiger partial charge on any atom is -0.494 e. The molecule has 2 nitrogen and oxygen atoms in total. The maximum atomic E-state index is 11.8. The zero-order chi connectivity index (χ0) is 13.3. The third-order valence-electron chi connectivity index (χ3n) is 2.05. The molecule has 0 aromatic heterocycles. The number of thioether (sulfide) groups is 1. The fraction of sp³-hybridized carbons (Fsp3) is 0.500. The number of rotatable bonds is 8. The van der Waals surface area contributed by atoms with E-state index < -0.39 is 5.51 Å². The van der Waals surface area contributed by atoms with Gasteiger partial charge in [0.05, 0.1) is 6.61 Å². The summed E-state index contributed by atoms with van der Waals surface area (Å²) in [4.78, 5) is 0. The summed E-state index contributed by atoms with van der Waals surface area (Å²) in [5, 5.41) is 2.94. The second kappa shape index (κ2) is 8.26. The van der Waals surface area contributed by atoms with Crippen LogP contribution in [0.5, 0.6) is 5.75 Å². The van der Waals surface area contributed by atoms with Gasteiger partial charge in [-0.05, 0) is 36.9 Å². The van der Waals surface area contributed by atoms with Crippen LogP contribution in [0, 0.1) is 0 Å². The number of halogens is 3. The van der Waals surface area contributed by atoms with Crippen molar-refractivity contribution >= 4 is 11.8 Å². The normalized spacial score (nSPS) is 11.5. The molecule has 0 heterocycles. The fourth-order valence-corrected chi connectivity index (χ4v) is 1.75. The highest BCUT2D eigenvalue weighted by atomic mass is 32.2. The molecule has 0 fully saturated rings. The summed E-state index contributed by atoms with van der Waals surface area (Å²) in [6.07, 6.45) is 0.769. The summed E-state index contributed by atoms with van der Waals surface area (Å²) >= 11 is 0.000481. The summed E-state index contributed by atoms with van der Waals surface area (Å²) in [5.74, 6) is 0.855. The van der Waals surface area contributed by atoms with Crippen LogP contribution in [-0.4, -0.2) is 31.0 Å². The summed E-state index contributed by atoms with van der Waals surface area (Å²) in [6.45, 7) is 1.57. The van der Waals surface area contributed by atoms with E-state index in [1.54, 1.807) is 0 Å². The molecule has 1 rings (SSSR count). The topological polar surface area (TPSA) is 21.3 Å². The molecule has 6 heteroatoms. The molecule has 0 bridgehead atoms. The molecule has 1 N–H and O–H groups in total. The maximum Gasteiger partial charge on any atom is 0.441 e. The lowest BCUT2D eigenvalue weighted by Gasteiger charge is -2.08. The first-order valence-corrected chi connectivity index (χ1v) is 6.66. The first-order valence-electron chi connectivity index (χ1n) is 5.67. The van der Waals surface area contributed by atoms with Crippen LogP contribution in [0.1, 0.15) is 6.42 Å². The Labute approximate surface area is 109 Å². The molecule has 0 saturated carbocycles. The molecular weight excluding hydrogens is 263 g/mol. The number of ether oxygens (including phenoxy) is 1. The Balaban J connectivity index is 1.90. The maximum absolute atomic E-state index is 11.8. The van der Waals surface area contributed by atoms with Gasteiger partial charge in [-0.1, -0.05) is 18.2 Å². The lowest BCUT2D eigenvalue weighted by molar-refractivity contribution is -0.0327. The smallest absolute Gasteiger partial charge is 0.441 e. The molecule has 102 valence electrons. The predicted octanol–water partition coefficient (Wildman–Crippen LogP) is 3.30. The van der Waals surface area contributed by atoms with Crippen molar-refractivity contribution in [1.82, 2.24) is 5.32 Å². The average Bonchev–Trinajstić information content (AvgIpc) is 2.32. The van der Waals surface area contributed by atoms with Crippen LogP contribution in [0.4, 0.5) is 13.2 Å². The van der Waals surface area contributed by atoms with Crippen LogP contribution in [0.15, 0.2) is 30.3 Å². The average molecular weight is 279 g/mol. The van der Waals surface area contributed by atoms with E-state index >= 15 is 0 Å². The molecule has 0 amide bonds. The van der Waals surface area contributed by atoms with Gasteiger partial charge in [0, 0.05) is 12.3 Å². The van der Waals surface area contributed by atoms with E-state index in [1.165, 1.54) is 0 Å². The Morgan fingerprint density at radius 1 is 1.11 bits per heavy atom. The zero-order valence-corrected chi connectivity index (χ0v) is 10.7. The van der Waals surface area contributed by atoms with E-state index in [4.69, 9.17) is 4.74 Å². The van der Waals surface area contributed by atoms with Gasteiger partial charge in [0.25, 0.3) is 0 Å². The van der Waals surface area contributed by atoms with Gasteiger partial charge in [0.1, 0.15) is 5.75 Å². The standard InChI is InChI=1S/C12H16F3NOS/c13-12(14,15)18-10-8-16-7-4-9-17-11-5-2-1-3-6-11/h1-3,5-6,16H,4,7-10H2. The van der Waals surface area contributed by atoms with Crippen LogP contribution < -0.4 is 10.1 Å². The summed E-state index contributed by atoms with van der Waals surface area (Å²) < 4.78 is 40.8. The number of alkyl halides is 3. The number of hydrogen-bond acceptors (Lipinski definition) is 3. The molecular formula is C12H16F3NOS. The predicted molar refractivity (Wildman–Crippen MR) is 67.9 cm³/mol. The highest BCUT2D eigenvalue weighted by Gasteiger charge is 2.27. The molecule has 0 unspecified atom stereocenters. The number of para-hydroxylation sites is 1. The molecule has 1 aromatic carbocycles. The van der Waals surface area contributed by atoms with Crippen LogP contribution in [-0.2, 0) is 0 Å². The zero-order valence-electron chi connectivity index (χ0n) is 9.87. The third-order valence-corrected chi connectivity index (χ3v) is 2.79. The lowest BCUT2D eigenvalue weighted by atomic mass is 10.3. The second-order valence-corrected chi connectivity index (χ2v) is 4.72. The lowest BCUT2D eigenvalue weighted by Crippen LogP contribution is -2.21. The van der Waals surface area contributed by atoms with E-state index in [2.05, 4.69) is 5.32 Å². The SMILES string of the molecule is FC(F)(F)SCCNCCCOc1ccccc1. The summed E-state index contributed by atoms with van der Waals surface area (Å²) in [5.41, 5.74) is -4.13. The summed E-state index contributed by atoms with van der Waals surface area (Å²) in [6, 6.07) is 9.43. The fourth-order valence-electron chi connectivity index (χ4n) is 1.27. The Morgan fingerprint density at radius 3 is 2.50 bits per heavy atom. The third kappa shape index (κ3) is 8.25. The van der Waals surface area contributed by atoms with Gasteiger partial charge in [-0.2, -0.15) is 13.2 Å². The highest BCUT2D eigenvalue weighted by Crippen LogP contribution is 2.29. The Kier molecular flexibility index (Phi) is 6.97. The van der Waals surface area contributed by atoms with Gasteiger partial charge >= 0.3 is 5.51 Å². The number of benzene rings is 1. The van der Waals surface area contributed by atoms with Crippen molar-refractivity contribution in [1.29, 1.82) is 0 Å². The van der Waals surface area contributed by atoms with Gasteiger partial charge in [0.2, 0.25) is 0 Å². The summed E-state index contributed by atoms with van der Waals surface area (Å²) in [7, 11) is 0. The van der Waals surface area contributed by atoms with Gasteiger partial charge in [-0.3, -0.25) is 0 Å². The van der Waals surface area contributed by atoms with Crippen molar-refractivity contribution in [3.63, 3.8) is 0 Å². The number of hydrogen-bond donors (Lipinski definition) is 1. The van der Waals surface area contributed by atoms with Gasteiger partial charge in [0.15, 0.2) is 0 Å². The van der Waals surface area contributed by atoms with Gasteiger partial charge in [-0.25, -0.2) is 0 Å². The van der Waals surface area contributed by atoms with Crippen molar-refractivity contribution in [3.05, 3.63) is 30.3 Å². The van der Waals surface area contributed by atoms with Crippen molar-refractivity contribution < 1.29 is 17.9 Å². The van der Waals surface area contributed by atoms with Crippen molar-refractivity contribution in [2.45, 2.75) is 11.9 Å². The molecule has 0 aliphatic rings. The van der Waals surface area contributed by atoms with Crippen molar-refractivity contribution in [2.75, 3.05) is 25.4 Å². The molecule has 0 spiro atoms. The minimum absolute atomic E-state index is 0.000481. The molecule has 0 radical (unpaired) electrons.